The third kappa shape index (κ3) is 4.31. The van der Waals surface area contributed by atoms with E-state index in [-0.39, 0.29) is 18.4 Å². The van der Waals surface area contributed by atoms with Crippen molar-refractivity contribution in [2.75, 3.05) is 45.7 Å². The third-order valence-electron chi connectivity index (χ3n) is 4.36. The standard InChI is InChI=1S/C21H23N3O6/c1-27-11-18(25)22-12-6-5-7-13(8-12)23-21(26)15-9-14-16(28-2)10-17(29-3)20(30-4)19(14)24-15/h5-10,24H,11H2,1-4H3,(H,22,25)(H,23,26). The number of anilines is 2. The van der Waals surface area contributed by atoms with Gasteiger partial charge in [-0.2, -0.15) is 0 Å². The van der Waals surface area contributed by atoms with E-state index in [2.05, 4.69) is 15.6 Å². The number of aromatic amines is 1. The fraction of sp³-hybridized carbons (Fsp3) is 0.238. The van der Waals surface area contributed by atoms with Gasteiger partial charge in [-0.3, -0.25) is 9.59 Å². The van der Waals surface area contributed by atoms with E-state index in [4.69, 9.17) is 18.9 Å². The highest BCUT2D eigenvalue weighted by Crippen LogP contribution is 2.41. The molecule has 3 N–H and O–H groups in total. The molecule has 1 aromatic heterocycles. The highest BCUT2D eigenvalue weighted by atomic mass is 16.5. The van der Waals surface area contributed by atoms with Crippen molar-refractivity contribution in [3.05, 3.63) is 42.1 Å². The maximum Gasteiger partial charge on any atom is 0.272 e. The molecule has 3 rings (SSSR count). The molecular formula is C21H23N3O6. The van der Waals surface area contributed by atoms with Crippen molar-refractivity contribution in [2.45, 2.75) is 0 Å². The number of H-pyrrole nitrogens is 1. The second-order valence-corrected chi connectivity index (χ2v) is 6.30. The number of carbonyl (C=O) groups excluding carboxylic acids is 2. The smallest absolute Gasteiger partial charge is 0.272 e. The number of amides is 2. The minimum absolute atomic E-state index is 0.0568. The Morgan fingerprint density at radius 1 is 0.900 bits per heavy atom. The van der Waals surface area contributed by atoms with E-state index in [1.165, 1.54) is 28.4 Å². The zero-order chi connectivity index (χ0) is 21.7. The molecule has 0 saturated heterocycles. The van der Waals surface area contributed by atoms with Crippen molar-refractivity contribution in [2.24, 2.45) is 0 Å². The molecule has 1 heterocycles. The Morgan fingerprint density at radius 3 is 2.23 bits per heavy atom. The topological polar surface area (TPSA) is 111 Å². The number of rotatable bonds is 8. The number of aromatic nitrogens is 1. The van der Waals surface area contributed by atoms with Gasteiger partial charge in [0.25, 0.3) is 5.91 Å². The van der Waals surface area contributed by atoms with Gasteiger partial charge < -0.3 is 34.6 Å². The quantitative estimate of drug-likeness (QED) is 0.524. The first-order valence-corrected chi connectivity index (χ1v) is 9.02. The normalized spacial score (nSPS) is 10.5. The van der Waals surface area contributed by atoms with E-state index in [1.807, 2.05) is 0 Å². The molecule has 0 aliphatic carbocycles. The summed E-state index contributed by atoms with van der Waals surface area (Å²) in [5, 5.41) is 6.17. The van der Waals surface area contributed by atoms with E-state index in [9.17, 15) is 9.59 Å². The monoisotopic (exact) mass is 413 g/mol. The first kappa shape index (κ1) is 21.0. The van der Waals surface area contributed by atoms with Crippen LogP contribution in [-0.2, 0) is 9.53 Å². The number of nitrogens with one attached hydrogen (secondary N) is 3. The van der Waals surface area contributed by atoms with Gasteiger partial charge in [-0.15, -0.1) is 0 Å². The van der Waals surface area contributed by atoms with Crippen molar-refractivity contribution >= 4 is 34.1 Å². The van der Waals surface area contributed by atoms with Crippen LogP contribution in [0.1, 0.15) is 10.5 Å². The van der Waals surface area contributed by atoms with Crippen LogP contribution in [0, 0.1) is 0 Å². The van der Waals surface area contributed by atoms with Gasteiger partial charge >= 0.3 is 0 Å². The van der Waals surface area contributed by atoms with Crippen molar-refractivity contribution in [3.63, 3.8) is 0 Å². The number of benzene rings is 2. The number of fused-ring (bicyclic) bond motifs is 1. The molecule has 9 nitrogen and oxygen atoms in total. The lowest BCUT2D eigenvalue weighted by Crippen LogP contribution is -2.17. The molecule has 0 fully saturated rings. The van der Waals surface area contributed by atoms with Crippen LogP contribution in [0.2, 0.25) is 0 Å². The van der Waals surface area contributed by atoms with Gasteiger partial charge in [0.1, 0.15) is 18.1 Å². The Labute approximate surface area is 173 Å². The molecule has 0 bridgehead atoms. The van der Waals surface area contributed by atoms with Gasteiger partial charge in [-0.05, 0) is 24.3 Å². The van der Waals surface area contributed by atoms with Crippen LogP contribution in [0.4, 0.5) is 11.4 Å². The molecular weight excluding hydrogens is 390 g/mol. The Hall–Kier alpha value is -3.72. The van der Waals surface area contributed by atoms with Crippen LogP contribution < -0.4 is 24.8 Å². The molecule has 0 aliphatic heterocycles. The molecule has 0 radical (unpaired) electrons. The van der Waals surface area contributed by atoms with Gasteiger partial charge in [0, 0.05) is 29.9 Å². The van der Waals surface area contributed by atoms with E-state index in [0.29, 0.717) is 45.2 Å². The maximum absolute atomic E-state index is 12.8. The van der Waals surface area contributed by atoms with Crippen LogP contribution >= 0.6 is 0 Å². The largest absolute Gasteiger partial charge is 0.496 e. The van der Waals surface area contributed by atoms with Crippen molar-refractivity contribution in [1.29, 1.82) is 0 Å². The van der Waals surface area contributed by atoms with Gasteiger partial charge in [0.15, 0.2) is 11.5 Å². The minimum Gasteiger partial charge on any atom is -0.496 e. The van der Waals surface area contributed by atoms with Gasteiger partial charge in [-0.1, -0.05) is 6.07 Å². The molecule has 0 unspecified atom stereocenters. The van der Waals surface area contributed by atoms with Crippen LogP contribution in [0.25, 0.3) is 10.9 Å². The summed E-state index contributed by atoms with van der Waals surface area (Å²) in [6, 6.07) is 10.2. The zero-order valence-corrected chi connectivity index (χ0v) is 17.1. The predicted molar refractivity (Wildman–Crippen MR) is 113 cm³/mol. The van der Waals surface area contributed by atoms with Crippen LogP contribution in [-0.4, -0.2) is 51.8 Å². The Morgan fingerprint density at radius 2 is 1.60 bits per heavy atom. The summed E-state index contributed by atoms with van der Waals surface area (Å²) >= 11 is 0. The average molecular weight is 413 g/mol. The Balaban J connectivity index is 1.88. The predicted octanol–water partition coefficient (Wildman–Crippen LogP) is 3.03. The van der Waals surface area contributed by atoms with Crippen LogP contribution in [0.5, 0.6) is 17.2 Å². The highest BCUT2D eigenvalue weighted by molar-refractivity contribution is 6.08. The summed E-state index contributed by atoms with van der Waals surface area (Å²) < 4.78 is 21.0. The van der Waals surface area contributed by atoms with Gasteiger partial charge in [0.2, 0.25) is 5.91 Å². The van der Waals surface area contributed by atoms with Gasteiger partial charge in [0.05, 0.1) is 26.8 Å². The number of hydrogen-bond acceptors (Lipinski definition) is 6. The molecule has 2 amide bonds. The fourth-order valence-corrected chi connectivity index (χ4v) is 3.06. The summed E-state index contributed by atoms with van der Waals surface area (Å²) in [5.41, 5.74) is 1.95. The van der Waals surface area contributed by atoms with Crippen molar-refractivity contribution in [3.8, 4) is 17.2 Å². The summed E-state index contributed by atoms with van der Waals surface area (Å²) in [5.74, 6) is 0.838. The summed E-state index contributed by atoms with van der Waals surface area (Å²) in [6.07, 6.45) is 0. The maximum atomic E-state index is 12.8. The number of ether oxygens (including phenoxy) is 4. The molecule has 3 aromatic rings. The average Bonchev–Trinajstić information content (AvgIpc) is 3.18. The molecule has 9 heteroatoms. The van der Waals surface area contributed by atoms with Crippen LogP contribution in [0.3, 0.4) is 0 Å². The second-order valence-electron chi connectivity index (χ2n) is 6.30. The van der Waals surface area contributed by atoms with E-state index < -0.39 is 0 Å². The molecule has 2 aromatic carbocycles. The highest BCUT2D eigenvalue weighted by Gasteiger charge is 2.19. The van der Waals surface area contributed by atoms with Crippen LogP contribution in [0.15, 0.2) is 36.4 Å². The second kappa shape index (κ2) is 9.19. The van der Waals surface area contributed by atoms with Gasteiger partial charge in [-0.25, -0.2) is 0 Å². The fourth-order valence-electron chi connectivity index (χ4n) is 3.06. The lowest BCUT2D eigenvalue weighted by atomic mass is 10.2. The van der Waals surface area contributed by atoms with Crippen molar-refractivity contribution in [1.82, 2.24) is 4.98 Å². The summed E-state index contributed by atoms with van der Waals surface area (Å²) in [6.45, 7) is -0.0568. The van der Waals surface area contributed by atoms with Crippen molar-refractivity contribution < 1.29 is 28.5 Å². The minimum atomic E-state index is -0.366. The zero-order valence-electron chi connectivity index (χ0n) is 17.1. The van der Waals surface area contributed by atoms with E-state index in [1.54, 1.807) is 36.4 Å². The molecule has 0 saturated carbocycles. The number of carbonyl (C=O) groups is 2. The lowest BCUT2D eigenvalue weighted by molar-refractivity contribution is -0.119. The first-order valence-electron chi connectivity index (χ1n) is 9.02. The molecule has 0 atom stereocenters. The molecule has 30 heavy (non-hydrogen) atoms. The number of methoxy groups -OCH3 is 4. The SMILES string of the molecule is COCC(=O)Nc1cccc(NC(=O)c2cc3c(OC)cc(OC)c(OC)c3[nH]2)c1. The Kier molecular flexibility index (Phi) is 6.43. The Bertz CT molecular complexity index is 1080. The summed E-state index contributed by atoms with van der Waals surface area (Å²) in [7, 11) is 6.03. The van der Waals surface area contributed by atoms with E-state index in [0.717, 1.165) is 0 Å². The number of hydrogen-bond donors (Lipinski definition) is 3. The van der Waals surface area contributed by atoms with E-state index >= 15 is 0 Å². The molecule has 158 valence electrons. The molecule has 0 spiro atoms. The summed E-state index contributed by atoms with van der Waals surface area (Å²) in [4.78, 5) is 27.6. The third-order valence-corrected chi connectivity index (χ3v) is 4.36. The molecule has 0 aliphatic rings. The first-order chi connectivity index (χ1) is 14.5. The lowest BCUT2D eigenvalue weighted by Gasteiger charge is -2.11.